The standard InChI is InChI=1S/C26H23Cl2N3O2/c1-26(2)20-6-4-5-7-21(20)31(3)23(26)22(24(32)29-18-12-8-16(27)9-13-18)25(33)30-19-14-10-17(28)11-15-19/h4-15H,1-3H3,(H,29,32)(H,30,33). The van der Waals surface area contributed by atoms with Crippen molar-refractivity contribution in [1.29, 1.82) is 0 Å². The molecule has 0 saturated heterocycles. The first-order valence-electron chi connectivity index (χ1n) is 10.4. The lowest BCUT2D eigenvalue weighted by Gasteiger charge is -2.27. The Balaban J connectivity index is 1.80. The van der Waals surface area contributed by atoms with Crippen LogP contribution < -0.4 is 15.5 Å². The molecule has 1 aliphatic heterocycles. The summed E-state index contributed by atoms with van der Waals surface area (Å²) in [4.78, 5) is 29.0. The van der Waals surface area contributed by atoms with Crippen molar-refractivity contribution in [1.82, 2.24) is 0 Å². The second-order valence-electron chi connectivity index (χ2n) is 8.35. The van der Waals surface area contributed by atoms with E-state index in [0.29, 0.717) is 27.1 Å². The number of nitrogens with zero attached hydrogens (tertiary/aromatic N) is 1. The zero-order valence-electron chi connectivity index (χ0n) is 18.4. The highest BCUT2D eigenvalue weighted by Gasteiger charge is 2.43. The summed E-state index contributed by atoms with van der Waals surface area (Å²) in [6.45, 7) is 4.02. The van der Waals surface area contributed by atoms with Crippen LogP contribution in [-0.4, -0.2) is 18.9 Å². The third-order valence-electron chi connectivity index (χ3n) is 5.76. The number of benzene rings is 3. The van der Waals surface area contributed by atoms with Gasteiger partial charge in [0.15, 0.2) is 0 Å². The van der Waals surface area contributed by atoms with E-state index in [1.807, 2.05) is 50.1 Å². The highest BCUT2D eigenvalue weighted by molar-refractivity contribution is 6.31. The Morgan fingerprint density at radius 3 is 1.67 bits per heavy atom. The highest BCUT2D eigenvalue weighted by Crippen LogP contribution is 2.48. The lowest BCUT2D eigenvalue weighted by atomic mass is 9.81. The van der Waals surface area contributed by atoms with Crippen LogP contribution >= 0.6 is 23.2 Å². The highest BCUT2D eigenvalue weighted by atomic mass is 35.5. The minimum Gasteiger partial charge on any atom is -0.346 e. The minimum absolute atomic E-state index is 0.0311. The molecule has 0 fully saturated rings. The van der Waals surface area contributed by atoms with Crippen molar-refractivity contribution in [3.63, 3.8) is 0 Å². The monoisotopic (exact) mass is 479 g/mol. The van der Waals surface area contributed by atoms with E-state index in [4.69, 9.17) is 23.2 Å². The summed E-state index contributed by atoms with van der Waals surface area (Å²) < 4.78 is 0. The van der Waals surface area contributed by atoms with E-state index < -0.39 is 17.2 Å². The number of fused-ring (bicyclic) bond motifs is 1. The van der Waals surface area contributed by atoms with E-state index in [9.17, 15) is 9.59 Å². The summed E-state index contributed by atoms with van der Waals surface area (Å²) in [5.74, 6) is -1.02. The maximum atomic E-state index is 13.5. The van der Waals surface area contributed by atoms with E-state index in [1.54, 1.807) is 48.5 Å². The van der Waals surface area contributed by atoms with Crippen LogP contribution in [0.5, 0.6) is 0 Å². The zero-order chi connectivity index (χ0) is 23.8. The van der Waals surface area contributed by atoms with Gasteiger partial charge in [0.05, 0.1) is 0 Å². The van der Waals surface area contributed by atoms with Gasteiger partial charge in [0.1, 0.15) is 5.57 Å². The number of carbonyl (C=O) groups excluding carboxylic acids is 2. The van der Waals surface area contributed by atoms with Crippen molar-refractivity contribution in [2.45, 2.75) is 19.3 Å². The molecule has 7 heteroatoms. The second kappa shape index (κ2) is 8.93. The van der Waals surface area contributed by atoms with Gasteiger partial charge < -0.3 is 15.5 Å². The topological polar surface area (TPSA) is 61.4 Å². The summed E-state index contributed by atoms with van der Waals surface area (Å²) >= 11 is 11.9. The molecule has 0 radical (unpaired) electrons. The molecule has 0 saturated carbocycles. The van der Waals surface area contributed by atoms with Crippen LogP contribution in [0.4, 0.5) is 17.1 Å². The third-order valence-corrected chi connectivity index (χ3v) is 6.27. The Morgan fingerprint density at radius 2 is 1.21 bits per heavy atom. The van der Waals surface area contributed by atoms with Crippen LogP contribution in [0.2, 0.25) is 10.0 Å². The molecule has 0 aliphatic carbocycles. The van der Waals surface area contributed by atoms with Crippen molar-refractivity contribution in [3.05, 3.63) is 99.7 Å². The smallest absolute Gasteiger partial charge is 0.263 e. The van der Waals surface area contributed by atoms with Crippen LogP contribution in [0.1, 0.15) is 19.4 Å². The Hall–Kier alpha value is -3.28. The van der Waals surface area contributed by atoms with Crippen molar-refractivity contribution in [3.8, 4) is 0 Å². The molecule has 2 N–H and O–H groups in total. The van der Waals surface area contributed by atoms with Crippen LogP contribution in [0.3, 0.4) is 0 Å². The van der Waals surface area contributed by atoms with Gasteiger partial charge in [-0.2, -0.15) is 0 Å². The Labute approximate surface area is 203 Å². The van der Waals surface area contributed by atoms with Gasteiger partial charge in [-0.05, 0) is 60.2 Å². The van der Waals surface area contributed by atoms with Gasteiger partial charge in [-0.1, -0.05) is 55.2 Å². The number of likely N-dealkylation sites (N-methyl/N-ethyl adjacent to an activating group) is 1. The van der Waals surface area contributed by atoms with Crippen molar-refractivity contribution in [2.24, 2.45) is 0 Å². The molecule has 0 aromatic heterocycles. The number of halogens is 2. The minimum atomic E-state index is -0.574. The van der Waals surface area contributed by atoms with Gasteiger partial charge in [-0.3, -0.25) is 9.59 Å². The van der Waals surface area contributed by atoms with Crippen molar-refractivity contribution in [2.75, 3.05) is 22.6 Å². The van der Waals surface area contributed by atoms with Crippen LogP contribution in [0.15, 0.2) is 84.1 Å². The molecule has 0 unspecified atom stereocenters. The SMILES string of the molecule is CN1C(=C(C(=O)Nc2ccc(Cl)cc2)C(=O)Nc2ccc(Cl)cc2)C(C)(C)c2ccccc21. The fourth-order valence-corrected chi connectivity index (χ4v) is 4.47. The van der Waals surface area contributed by atoms with Crippen molar-refractivity contribution < 1.29 is 9.59 Å². The molecular formula is C26H23Cl2N3O2. The summed E-state index contributed by atoms with van der Waals surface area (Å²) in [6, 6.07) is 21.4. The van der Waals surface area contributed by atoms with Gasteiger partial charge in [0.2, 0.25) is 0 Å². The molecule has 0 bridgehead atoms. The van der Waals surface area contributed by atoms with E-state index in [2.05, 4.69) is 10.6 Å². The fourth-order valence-electron chi connectivity index (χ4n) is 4.21. The van der Waals surface area contributed by atoms with E-state index >= 15 is 0 Å². The van der Waals surface area contributed by atoms with E-state index in [-0.39, 0.29) is 5.57 Å². The first-order chi connectivity index (χ1) is 15.7. The largest absolute Gasteiger partial charge is 0.346 e. The number of para-hydroxylation sites is 1. The van der Waals surface area contributed by atoms with E-state index in [1.165, 1.54) is 0 Å². The average molecular weight is 480 g/mol. The number of rotatable bonds is 4. The van der Waals surface area contributed by atoms with Gasteiger partial charge in [0.25, 0.3) is 11.8 Å². The molecule has 3 aromatic rings. The lowest BCUT2D eigenvalue weighted by Crippen LogP contribution is -2.34. The first-order valence-corrected chi connectivity index (χ1v) is 11.2. The number of hydrogen-bond acceptors (Lipinski definition) is 3. The molecule has 0 spiro atoms. The summed E-state index contributed by atoms with van der Waals surface area (Å²) in [7, 11) is 1.87. The number of hydrogen-bond donors (Lipinski definition) is 2. The molecule has 5 nitrogen and oxygen atoms in total. The van der Waals surface area contributed by atoms with Crippen LogP contribution in [-0.2, 0) is 15.0 Å². The summed E-state index contributed by atoms with van der Waals surface area (Å²) in [5.41, 5.74) is 3.14. The van der Waals surface area contributed by atoms with Gasteiger partial charge >= 0.3 is 0 Å². The Bertz CT molecular complexity index is 1190. The zero-order valence-corrected chi connectivity index (χ0v) is 20.0. The van der Waals surface area contributed by atoms with E-state index in [0.717, 1.165) is 11.3 Å². The normalized spacial score (nSPS) is 14.0. The van der Waals surface area contributed by atoms with Crippen LogP contribution in [0.25, 0.3) is 0 Å². The lowest BCUT2D eigenvalue weighted by molar-refractivity contribution is -0.118. The molecule has 0 atom stereocenters. The number of allylic oxidation sites excluding steroid dienone is 1. The number of carbonyl (C=O) groups is 2. The number of nitrogens with one attached hydrogen (secondary N) is 2. The Morgan fingerprint density at radius 1 is 0.758 bits per heavy atom. The predicted molar refractivity (Wildman–Crippen MR) is 135 cm³/mol. The molecule has 4 rings (SSSR count). The second-order valence-corrected chi connectivity index (χ2v) is 9.22. The number of anilines is 3. The van der Waals surface area contributed by atoms with Gasteiger partial charge in [0, 0.05) is 45.3 Å². The van der Waals surface area contributed by atoms with Gasteiger partial charge in [-0.15, -0.1) is 0 Å². The maximum Gasteiger partial charge on any atom is 0.263 e. The molecule has 168 valence electrons. The molecule has 33 heavy (non-hydrogen) atoms. The van der Waals surface area contributed by atoms with Gasteiger partial charge in [-0.25, -0.2) is 0 Å². The first kappa shape index (κ1) is 22.9. The third kappa shape index (κ3) is 4.47. The molecule has 3 aromatic carbocycles. The fraction of sp³-hybridized carbons (Fsp3) is 0.154. The summed E-state index contributed by atoms with van der Waals surface area (Å²) in [6.07, 6.45) is 0. The predicted octanol–water partition coefficient (Wildman–Crippen LogP) is 6.25. The summed E-state index contributed by atoms with van der Waals surface area (Å²) in [5, 5.41) is 6.80. The molecular weight excluding hydrogens is 457 g/mol. The number of amides is 2. The molecule has 1 heterocycles. The average Bonchev–Trinajstić information content (AvgIpc) is 2.98. The molecule has 2 amide bonds. The van der Waals surface area contributed by atoms with Crippen molar-refractivity contribution >= 4 is 52.1 Å². The molecule has 1 aliphatic rings. The quantitative estimate of drug-likeness (QED) is 0.264. The Kier molecular flexibility index (Phi) is 6.19. The van der Waals surface area contributed by atoms with Crippen LogP contribution in [0, 0.1) is 0 Å². The maximum absolute atomic E-state index is 13.5.